The van der Waals surface area contributed by atoms with Crippen LogP contribution in [0.5, 0.6) is 0 Å². The third-order valence-corrected chi connectivity index (χ3v) is 8.49. The van der Waals surface area contributed by atoms with Gasteiger partial charge in [0.2, 0.25) is 0 Å². The first kappa shape index (κ1) is 22.4. The van der Waals surface area contributed by atoms with Gasteiger partial charge in [-0.15, -0.1) is 0 Å². The van der Waals surface area contributed by atoms with Crippen molar-refractivity contribution in [1.82, 2.24) is 4.98 Å². The van der Waals surface area contributed by atoms with Gasteiger partial charge < -0.3 is 4.42 Å². The number of pyridine rings is 1. The van der Waals surface area contributed by atoms with Gasteiger partial charge in [0.1, 0.15) is 11.2 Å². The molecule has 0 bridgehead atoms. The molecule has 0 unspecified atom stereocenters. The fourth-order valence-corrected chi connectivity index (χ4v) is 6.62. The van der Waals surface area contributed by atoms with E-state index in [4.69, 9.17) is 9.40 Å². The molecule has 9 rings (SSSR count). The van der Waals surface area contributed by atoms with Crippen LogP contribution in [-0.4, -0.2) is 4.98 Å². The first-order valence-electron chi connectivity index (χ1n) is 14.0. The number of nitrogens with zero attached hydrogens (tertiary/aromatic N) is 1. The zero-order valence-electron chi connectivity index (χ0n) is 22.1. The molecular formula is C39H23NO. The molecule has 8 aromatic rings. The van der Waals surface area contributed by atoms with Crippen molar-refractivity contribution in [2.24, 2.45) is 0 Å². The summed E-state index contributed by atoms with van der Waals surface area (Å²) in [6, 6.07) is 47.9. The summed E-state index contributed by atoms with van der Waals surface area (Å²) in [6.45, 7) is 0. The number of fused-ring (bicyclic) bond motifs is 12. The van der Waals surface area contributed by atoms with Gasteiger partial charge in [-0.25, -0.2) is 0 Å². The van der Waals surface area contributed by atoms with Crippen LogP contribution in [0, 0.1) is 0 Å². The predicted octanol–water partition coefficient (Wildman–Crippen LogP) is 10.8. The summed E-state index contributed by atoms with van der Waals surface area (Å²) in [5, 5.41) is 3.42. The Hall–Kier alpha value is -5.47. The first-order valence-corrected chi connectivity index (χ1v) is 14.0. The van der Waals surface area contributed by atoms with Gasteiger partial charge in [0.15, 0.2) is 0 Å². The van der Waals surface area contributed by atoms with Crippen LogP contribution >= 0.6 is 0 Å². The van der Waals surface area contributed by atoms with E-state index in [-0.39, 0.29) is 0 Å². The largest absolute Gasteiger partial charge is 0.455 e. The Morgan fingerprint density at radius 3 is 1.83 bits per heavy atom. The molecule has 2 heteroatoms. The van der Waals surface area contributed by atoms with Gasteiger partial charge in [-0.3, -0.25) is 4.98 Å². The summed E-state index contributed by atoms with van der Waals surface area (Å²) in [4.78, 5) is 4.72. The van der Waals surface area contributed by atoms with E-state index < -0.39 is 0 Å². The van der Waals surface area contributed by atoms with E-state index in [1.807, 2.05) is 24.4 Å². The van der Waals surface area contributed by atoms with Crippen molar-refractivity contribution in [3.63, 3.8) is 0 Å². The lowest BCUT2D eigenvalue weighted by atomic mass is 9.79. The Kier molecular flexibility index (Phi) is 4.64. The van der Waals surface area contributed by atoms with Crippen LogP contribution in [0.2, 0.25) is 0 Å². The third-order valence-electron chi connectivity index (χ3n) is 8.49. The van der Waals surface area contributed by atoms with Gasteiger partial charge in [0, 0.05) is 27.9 Å². The standard InChI is InChI=1S/C39H23NO/c1-2-12-29-27(10-1)28-11-3-4-13-30(28)36-23-37-25(9-8-20-40-37)22-35(36)34-21-24(18-19-31(29)34)26-15-7-16-33-32-14-5-6-17-38(32)41-39(26)33/h1-23H. The van der Waals surface area contributed by atoms with Crippen LogP contribution in [0.1, 0.15) is 0 Å². The van der Waals surface area contributed by atoms with Crippen LogP contribution in [-0.2, 0) is 0 Å². The molecule has 0 aliphatic heterocycles. The highest BCUT2D eigenvalue weighted by atomic mass is 16.3. The molecule has 190 valence electrons. The number of hydrogen-bond acceptors (Lipinski definition) is 2. The maximum absolute atomic E-state index is 6.45. The van der Waals surface area contributed by atoms with Gasteiger partial charge in [0.25, 0.3) is 0 Å². The SMILES string of the molecule is c1ccc2c(c1)-c1ccccc1-c1cc3ncccc3cc1-c1cc(-c3cccc4c3oc3ccccc34)ccc1-2. The zero-order chi connectivity index (χ0) is 26.9. The summed E-state index contributed by atoms with van der Waals surface area (Å²) in [6.07, 6.45) is 1.87. The van der Waals surface area contributed by atoms with E-state index in [0.29, 0.717) is 0 Å². The van der Waals surface area contributed by atoms with Crippen LogP contribution in [0.4, 0.5) is 0 Å². The molecule has 2 aromatic heterocycles. The number of aromatic nitrogens is 1. The molecule has 0 saturated carbocycles. The van der Waals surface area contributed by atoms with E-state index >= 15 is 0 Å². The van der Waals surface area contributed by atoms with Gasteiger partial charge in [-0.2, -0.15) is 0 Å². The molecule has 0 atom stereocenters. The number of furan rings is 1. The fraction of sp³-hybridized carbons (Fsp3) is 0. The highest BCUT2D eigenvalue weighted by molar-refractivity contribution is 6.11. The van der Waals surface area contributed by atoms with E-state index in [0.717, 1.165) is 44.0 Å². The Balaban J connectivity index is 1.40. The van der Waals surface area contributed by atoms with Gasteiger partial charge >= 0.3 is 0 Å². The monoisotopic (exact) mass is 521 g/mol. The highest BCUT2D eigenvalue weighted by Crippen LogP contribution is 2.49. The second-order valence-corrected chi connectivity index (χ2v) is 10.7. The molecule has 2 nitrogen and oxygen atoms in total. The molecular weight excluding hydrogens is 498 g/mol. The third kappa shape index (κ3) is 3.28. The maximum Gasteiger partial charge on any atom is 0.143 e. The minimum atomic E-state index is 0.913. The molecule has 0 amide bonds. The molecule has 0 fully saturated rings. The number of rotatable bonds is 1. The average molecular weight is 522 g/mol. The van der Waals surface area contributed by atoms with Crippen molar-refractivity contribution < 1.29 is 4.42 Å². The Labute approximate surface area is 237 Å². The van der Waals surface area contributed by atoms with Gasteiger partial charge in [-0.1, -0.05) is 103 Å². The maximum atomic E-state index is 6.45. The van der Waals surface area contributed by atoms with Crippen molar-refractivity contribution in [3.8, 4) is 55.6 Å². The minimum absolute atomic E-state index is 0.913. The molecule has 0 N–H and O–H groups in total. The molecule has 1 aliphatic rings. The lowest BCUT2D eigenvalue weighted by Crippen LogP contribution is -1.98. The second kappa shape index (κ2) is 8.51. The second-order valence-electron chi connectivity index (χ2n) is 10.7. The number of para-hydroxylation sites is 2. The minimum Gasteiger partial charge on any atom is -0.455 e. The van der Waals surface area contributed by atoms with Crippen LogP contribution in [0.15, 0.2) is 144 Å². The van der Waals surface area contributed by atoms with E-state index in [1.165, 1.54) is 44.5 Å². The summed E-state index contributed by atoms with van der Waals surface area (Å²) >= 11 is 0. The Bertz CT molecular complexity index is 2320. The number of benzene rings is 6. The Morgan fingerprint density at radius 2 is 1.02 bits per heavy atom. The summed E-state index contributed by atoms with van der Waals surface area (Å²) < 4.78 is 6.45. The van der Waals surface area contributed by atoms with Crippen molar-refractivity contribution in [1.29, 1.82) is 0 Å². The van der Waals surface area contributed by atoms with Crippen LogP contribution in [0.3, 0.4) is 0 Å². The van der Waals surface area contributed by atoms with E-state index in [1.54, 1.807) is 0 Å². The molecule has 2 heterocycles. The van der Waals surface area contributed by atoms with E-state index in [9.17, 15) is 0 Å². The Morgan fingerprint density at radius 1 is 0.415 bits per heavy atom. The molecule has 1 aliphatic carbocycles. The average Bonchev–Trinajstić information content (AvgIpc) is 3.42. The summed E-state index contributed by atoms with van der Waals surface area (Å²) in [7, 11) is 0. The summed E-state index contributed by atoms with van der Waals surface area (Å²) in [5.41, 5.74) is 14.8. The van der Waals surface area contributed by atoms with Crippen molar-refractivity contribution in [2.75, 3.05) is 0 Å². The summed E-state index contributed by atoms with van der Waals surface area (Å²) in [5.74, 6) is 0. The van der Waals surface area contributed by atoms with Crippen molar-refractivity contribution in [2.45, 2.75) is 0 Å². The van der Waals surface area contributed by atoms with E-state index in [2.05, 4.69) is 115 Å². The van der Waals surface area contributed by atoms with Crippen LogP contribution < -0.4 is 0 Å². The molecule has 0 saturated heterocycles. The number of hydrogen-bond donors (Lipinski definition) is 0. The molecule has 0 radical (unpaired) electrons. The van der Waals surface area contributed by atoms with Gasteiger partial charge in [0.05, 0.1) is 5.52 Å². The zero-order valence-corrected chi connectivity index (χ0v) is 22.1. The smallest absolute Gasteiger partial charge is 0.143 e. The highest BCUT2D eigenvalue weighted by Gasteiger charge is 2.23. The lowest BCUT2D eigenvalue weighted by Gasteiger charge is -2.24. The molecule has 41 heavy (non-hydrogen) atoms. The quantitative estimate of drug-likeness (QED) is 0.215. The lowest BCUT2D eigenvalue weighted by molar-refractivity contribution is 0.670. The molecule has 0 spiro atoms. The first-order chi connectivity index (χ1) is 20.3. The van der Waals surface area contributed by atoms with Gasteiger partial charge in [-0.05, 0) is 80.4 Å². The predicted molar refractivity (Wildman–Crippen MR) is 170 cm³/mol. The normalized spacial score (nSPS) is 11.9. The fourth-order valence-electron chi connectivity index (χ4n) is 6.62. The molecule has 6 aromatic carbocycles. The van der Waals surface area contributed by atoms with Crippen LogP contribution in [0.25, 0.3) is 88.5 Å². The van der Waals surface area contributed by atoms with Crippen molar-refractivity contribution in [3.05, 3.63) is 140 Å². The van der Waals surface area contributed by atoms with Crippen molar-refractivity contribution >= 4 is 32.8 Å². The topological polar surface area (TPSA) is 26.0 Å².